The van der Waals surface area contributed by atoms with Crippen LogP contribution in [0.15, 0.2) is 18.2 Å². The molecule has 9 heteroatoms. The Hall–Kier alpha value is -2.84. The van der Waals surface area contributed by atoms with Crippen molar-refractivity contribution < 1.29 is 24.0 Å². The van der Waals surface area contributed by atoms with Crippen molar-refractivity contribution in [2.24, 2.45) is 0 Å². The van der Waals surface area contributed by atoms with Gasteiger partial charge in [-0.15, -0.1) is 0 Å². The van der Waals surface area contributed by atoms with E-state index in [9.17, 15) is 19.7 Å². The van der Waals surface area contributed by atoms with E-state index < -0.39 is 22.6 Å². The van der Waals surface area contributed by atoms with Crippen molar-refractivity contribution in [1.82, 2.24) is 5.32 Å². The van der Waals surface area contributed by atoms with Crippen LogP contribution in [-0.4, -0.2) is 42.8 Å². The Morgan fingerprint density at radius 3 is 2.48 bits per heavy atom. The predicted molar refractivity (Wildman–Crippen MR) is 91.8 cm³/mol. The number of amides is 1. The lowest BCUT2D eigenvalue weighted by Gasteiger charge is -2.19. The molecule has 0 radical (unpaired) electrons. The molecule has 0 aliphatic heterocycles. The van der Waals surface area contributed by atoms with E-state index in [1.807, 2.05) is 0 Å². The Morgan fingerprint density at radius 1 is 1.24 bits per heavy atom. The molecular formula is C16H23N3O6. The lowest BCUT2D eigenvalue weighted by Crippen LogP contribution is -2.33. The summed E-state index contributed by atoms with van der Waals surface area (Å²) in [7, 11) is 1.20. The zero-order valence-electron chi connectivity index (χ0n) is 14.8. The van der Waals surface area contributed by atoms with E-state index in [0.717, 1.165) is 0 Å². The summed E-state index contributed by atoms with van der Waals surface area (Å²) in [5.74, 6) is -0.668. The summed E-state index contributed by atoms with van der Waals surface area (Å²) < 4.78 is 9.74. The fourth-order valence-corrected chi connectivity index (χ4v) is 1.96. The molecule has 0 aliphatic carbocycles. The number of carbonyl (C=O) groups is 2. The van der Waals surface area contributed by atoms with Crippen LogP contribution in [-0.2, 0) is 9.47 Å². The van der Waals surface area contributed by atoms with E-state index in [4.69, 9.17) is 4.74 Å². The van der Waals surface area contributed by atoms with Gasteiger partial charge >= 0.3 is 12.1 Å². The molecule has 0 unspecified atom stereocenters. The maximum Gasteiger partial charge on any atom is 0.407 e. The first-order valence-corrected chi connectivity index (χ1v) is 7.72. The number of alkyl carbamates (subject to hydrolysis) is 1. The van der Waals surface area contributed by atoms with Gasteiger partial charge in [-0.2, -0.15) is 0 Å². The average molecular weight is 353 g/mol. The molecule has 138 valence electrons. The minimum absolute atomic E-state index is 0.0804. The first kappa shape index (κ1) is 20.2. The third-order valence-corrected chi connectivity index (χ3v) is 2.97. The number of benzene rings is 1. The SMILES string of the molecule is COC(=O)c1cccc([N+](=O)[O-])c1NCCCNC(=O)OC(C)(C)C. The molecule has 0 spiro atoms. The Morgan fingerprint density at radius 2 is 1.92 bits per heavy atom. The third-order valence-electron chi connectivity index (χ3n) is 2.97. The number of hydrogen-bond acceptors (Lipinski definition) is 7. The van der Waals surface area contributed by atoms with Gasteiger partial charge in [-0.3, -0.25) is 10.1 Å². The number of nitro groups is 1. The van der Waals surface area contributed by atoms with E-state index in [2.05, 4.69) is 15.4 Å². The molecule has 1 rings (SSSR count). The van der Waals surface area contributed by atoms with Crippen molar-refractivity contribution in [2.75, 3.05) is 25.5 Å². The van der Waals surface area contributed by atoms with Gasteiger partial charge in [0, 0.05) is 19.2 Å². The summed E-state index contributed by atoms with van der Waals surface area (Å²) in [6, 6.07) is 4.16. The van der Waals surface area contributed by atoms with Gasteiger partial charge in [0.25, 0.3) is 5.69 Å². The number of rotatable bonds is 7. The molecule has 0 aliphatic rings. The fourth-order valence-electron chi connectivity index (χ4n) is 1.96. The molecule has 0 aromatic heterocycles. The van der Waals surface area contributed by atoms with E-state index >= 15 is 0 Å². The lowest BCUT2D eigenvalue weighted by atomic mass is 10.1. The Balaban J connectivity index is 2.63. The standard InChI is InChI=1S/C16H23N3O6/c1-16(2,3)25-15(21)18-10-6-9-17-13-11(14(20)24-4)7-5-8-12(13)19(22)23/h5,7-8,17H,6,9-10H2,1-4H3,(H,18,21). The zero-order valence-corrected chi connectivity index (χ0v) is 14.8. The van der Waals surface area contributed by atoms with E-state index in [1.54, 1.807) is 20.8 Å². The molecule has 0 atom stereocenters. The number of methoxy groups -OCH3 is 1. The van der Waals surface area contributed by atoms with Crippen LogP contribution in [0.3, 0.4) is 0 Å². The van der Waals surface area contributed by atoms with Gasteiger partial charge in [0.15, 0.2) is 0 Å². The predicted octanol–water partition coefficient (Wildman–Crippen LogP) is 2.71. The number of ether oxygens (including phenoxy) is 2. The Bertz CT molecular complexity index is 639. The van der Waals surface area contributed by atoms with Gasteiger partial charge in [-0.25, -0.2) is 9.59 Å². The Kier molecular flexibility index (Phi) is 7.16. The van der Waals surface area contributed by atoms with Crippen LogP contribution in [0.5, 0.6) is 0 Å². The molecule has 0 fully saturated rings. The molecular weight excluding hydrogens is 330 g/mol. The average Bonchev–Trinajstić information content (AvgIpc) is 2.51. The number of nitro benzene ring substituents is 1. The lowest BCUT2D eigenvalue weighted by molar-refractivity contribution is -0.384. The minimum Gasteiger partial charge on any atom is -0.465 e. The highest BCUT2D eigenvalue weighted by atomic mass is 16.6. The number of hydrogen-bond donors (Lipinski definition) is 2. The molecule has 1 amide bonds. The number of nitrogens with one attached hydrogen (secondary N) is 2. The Labute approximate surface area is 145 Å². The van der Waals surface area contributed by atoms with Crippen LogP contribution in [0.25, 0.3) is 0 Å². The topological polar surface area (TPSA) is 120 Å². The molecule has 1 aromatic rings. The smallest absolute Gasteiger partial charge is 0.407 e. The normalized spacial score (nSPS) is 10.7. The van der Waals surface area contributed by atoms with Crippen molar-refractivity contribution in [3.05, 3.63) is 33.9 Å². The van der Waals surface area contributed by atoms with Crippen LogP contribution in [0.4, 0.5) is 16.2 Å². The highest BCUT2D eigenvalue weighted by Crippen LogP contribution is 2.28. The summed E-state index contributed by atoms with van der Waals surface area (Å²) in [6.07, 6.45) is -0.0558. The van der Waals surface area contributed by atoms with E-state index in [-0.39, 0.29) is 16.9 Å². The van der Waals surface area contributed by atoms with Crippen molar-refractivity contribution in [2.45, 2.75) is 32.8 Å². The van der Waals surface area contributed by atoms with Gasteiger partial charge in [-0.05, 0) is 33.3 Å². The number of para-hydroxylation sites is 1. The van der Waals surface area contributed by atoms with Crippen LogP contribution in [0.1, 0.15) is 37.6 Å². The zero-order chi connectivity index (χ0) is 19.0. The van der Waals surface area contributed by atoms with E-state index in [0.29, 0.717) is 19.5 Å². The van der Waals surface area contributed by atoms with Crippen molar-refractivity contribution in [1.29, 1.82) is 0 Å². The molecule has 0 saturated heterocycles. The van der Waals surface area contributed by atoms with Gasteiger partial charge < -0.3 is 20.1 Å². The van der Waals surface area contributed by atoms with Gasteiger partial charge in [0.1, 0.15) is 11.3 Å². The second-order valence-electron chi connectivity index (χ2n) is 6.16. The summed E-state index contributed by atoms with van der Waals surface area (Å²) in [6.45, 7) is 5.91. The quantitative estimate of drug-likeness (QED) is 0.335. The number of carbonyl (C=O) groups excluding carboxylic acids is 2. The first-order valence-electron chi connectivity index (χ1n) is 7.72. The summed E-state index contributed by atoms with van der Waals surface area (Å²) >= 11 is 0. The van der Waals surface area contributed by atoms with Gasteiger partial charge in [0.2, 0.25) is 0 Å². The first-order chi connectivity index (χ1) is 11.7. The maximum atomic E-state index is 11.8. The minimum atomic E-state index is -0.668. The monoisotopic (exact) mass is 353 g/mol. The second-order valence-corrected chi connectivity index (χ2v) is 6.16. The second kappa shape index (κ2) is 8.86. The number of nitrogens with zero attached hydrogens (tertiary/aromatic N) is 1. The van der Waals surface area contributed by atoms with Crippen molar-refractivity contribution in [3.8, 4) is 0 Å². The van der Waals surface area contributed by atoms with Crippen LogP contribution in [0.2, 0.25) is 0 Å². The largest absolute Gasteiger partial charge is 0.465 e. The number of anilines is 1. The molecule has 0 bridgehead atoms. The molecule has 1 aromatic carbocycles. The van der Waals surface area contributed by atoms with Crippen molar-refractivity contribution in [3.63, 3.8) is 0 Å². The molecule has 0 saturated carbocycles. The molecule has 0 heterocycles. The van der Waals surface area contributed by atoms with Gasteiger partial charge in [0.05, 0.1) is 17.6 Å². The van der Waals surface area contributed by atoms with Crippen LogP contribution >= 0.6 is 0 Å². The van der Waals surface area contributed by atoms with Crippen LogP contribution in [0, 0.1) is 10.1 Å². The maximum absolute atomic E-state index is 11.8. The van der Waals surface area contributed by atoms with Gasteiger partial charge in [-0.1, -0.05) is 6.07 Å². The molecule has 2 N–H and O–H groups in total. The third kappa shape index (κ3) is 6.66. The van der Waals surface area contributed by atoms with E-state index in [1.165, 1.54) is 25.3 Å². The highest BCUT2D eigenvalue weighted by molar-refractivity contribution is 5.98. The van der Waals surface area contributed by atoms with Crippen molar-refractivity contribution >= 4 is 23.4 Å². The number of esters is 1. The summed E-state index contributed by atoms with van der Waals surface area (Å²) in [4.78, 5) is 33.8. The summed E-state index contributed by atoms with van der Waals surface area (Å²) in [5, 5.41) is 16.6. The summed E-state index contributed by atoms with van der Waals surface area (Å²) in [5.41, 5.74) is -0.626. The molecule has 25 heavy (non-hydrogen) atoms. The molecule has 9 nitrogen and oxygen atoms in total. The highest BCUT2D eigenvalue weighted by Gasteiger charge is 2.21. The van der Waals surface area contributed by atoms with Crippen LogP contribution < -0.4 is 10.6 Å². The fraction of sp³-hybridized carbons (Fsp3) is 0.500.